The number of hydrogen-bond acceptors (Lipinski definition) is 7. The van der Waals surface area contributed by atoms with Gasteiger partial charge in [-0.1, -0.05) is 45.0 Å². The van der Waals surface area contributed by atoms with Gasteiger partial charge in [0.05, 0.1) is 11.0 Å². The highest BCUT2D eigenvalue weighted by atomic mass is 32.2. The normalized spacial score (nSPS) is 16.3. The molecule has 1 aliphatic rings. The molecular formula is C29H35N3O5S. The SMILES string of the molecule is CC(C)(C)CC(=O)NS(=O)(=O)c1ccc(-c2ccc3c(c2)CC[C@H](CNC[C@@H](O)c2cccnc2)O3)cc1. The first-order valence-corrected chi connectivity index (χ1v) is 14.2. The van der Waals surface area contributed by atoms with Gasteiger partial charge in [0.15, 0.2) is 0 Å². The molecule has 2 aromatic carbocycles. The van der Waals surface area contributed by atoms with Gasteiger partial charge >= 0.3 is 0 Å². The van der Waals surface area contributed by atoms with Gasteiger partial charge in [0.2, 0.25) is 5.91 Å². The van der Waals surface area contributed by atoms with Crippen LogP contribution in [0.4, 0.5) is 0 Å². The third-order valence-electron chi connectivity index (χ3n) is 6.31. The molecule has 8 nitrogen and oxygen atoms in total. The molecule has 3 N–H and O–H groups in total. The van der Waals surface area contributed by atoms with Crippen molar-refractivity contribution in [1.82, 2.24) is 15.0 Å². The van der Waals surface area contributed by atoms with Crippen LogP contribution < -0.4 is 14.8 Å². The maximum atomic E-state index is 12.6. The van der Waals surface area contributed by atoms with Crippen LogP contribution >= 0.6 is 0 Å². The Morgan fingerprint density at radius 1 is 1.13 bits per heavy atom. The second-order valence-electron chi connectivity index (χ2n) is 10.9. The fourth-order valence-corrected chi connectivity index (χ4v) is 5.38. The Balaban J connectivity index is 1.34. The molecule has 1 aliphatic heterocycles. The lowest BCUT2D eigenvalue weighted by Gasteiger charge is -2.27. The molecule has 0 bridgehead atoms. The van der Waals surface area contributed by atoms with E-state index in [4.69, 9.17) is 4.74 Å². The van der Waals surface area contributed by atoms with Crippen molar-refractivity contribution in [2.75, 3.05) is 13.1 Å². The van der Waals surface area contributed by atoms with Gasteiger partial charge in [-0.15, -0.1) is 0 Å². The Bertz CT molecular complexity index is 1350. The van der Waals surface area contributed by atoms with Crippen LogP contribution in [-0.2, 0) is 21.2 Å². The fourth-order valence-electron chi connectivity index (χ4n) is 4.39. The highest BCUT2D eigenvalue weighted by Crippen LogP contribution is 2.32. The maximum absolute atomic E-state index is 12.6. The molecule has 0 aliphatic carbocycles. The first-order chi connectivity index (χ1) is 18.0. The minimum absolute atomic E-state index is 0.00688. The number of hydrogen-bond donors (Lipinski definition) is 3. The van der Waals surface area contributed by atoms with Crippen LogP contribution in [0.15, 0.2) is 71.9 Å². The molecule has 202 valence electrons. The summed E-state index contributed by atoms with van der Waals surface area (Å²) < 4.78 is 33.6. The van der Waals surface area contributed by atoms with Gasteiger partial charge < -0.3 is 15.2 Å². The van der Waals surface area contributed by atoms with E-state index in [2.05, 4.69) is 21.1 Å². The average Bonchev–Trinajstić information content (AvgIpc) is 2.87. The first-order valence-electron chi connectivity index (χ1n) is 12.7. The van der Waals surface area contributed by atoms with Crippen molar-refractivity contribution < 1.29 is 23.1 Å². The number of pyridine rings is 1. The summed E-state index contributed by atoms with van der Waals surface area (Å²) >= 11 is 0. The van der Waals surface area contributed by atoms with E-state index in [1.807, 2.05) is 39.0 Å². The highest BCUT2D eigenvalue weighted by molar-refractivity contribution is 7.90. The van der Waals surface area contributed by atoms with Crippen LogP contribution in [0.25, 0.3) is 11.1 Å². The number of aliphatic hydroxyl groups excluding tert-OH is 1. The minimum Gasteiger partial charge on any atom is -0.489 e. The van der Waals surface area contributed by atoms with Crippen LogP contribution in [0, 0.1) is 5.41 Å². The molecule has 1 amide bonds. The lowest BCUT2D eigenvalue weighted by Crippen LogP contribution is -2.36. The van der Waals surface area contributed by atoms with Gasteiger partial charge in [-0.3, -0.25) is 9.78 Å². The van der Waals surface area contributed by atoms with Crippen molar-refractivity contribution in [3.8, 4) is 16.9 Å². The number of ether oxygens (including phenoxy) is 1. The Labute approximate surface area is 224 Å². The molecule has 9 heteroatoms. The molecule has 38 heavy (non-hydrogen) atoms. The van der Waals surface area contributed by atoms with E-state index in [-0.39, 0.29) is 22.8 Å². The van der Waals surface area contributed by atoms with Crippen molar-refractivity contribution in [2.45, 2.75) is 57.1 Å². The van der Waals surface area contributed by atoms with Crippen molar-refractivity contribution in [2.24, 2.45) is 5.41 Å². The van der Waals surface area contributed by atoms with E-state index in [0.29, 0.717) is 13.1 Å². The van der Waals surface area contributed by atoms with Crippen LogP contribution in [0.1, 0.15) is 50.8 Å². The summed E-state index contributed by atoms with van der Waals surface area (Å²) in [5, 5.41) is 13.6. The van der Waals surface area contributed by atoms with Gasteiger partial charge in [0.25, 0.3) is 10.0 Å². The topological polar surface area (TPSA) is 118 Å². The number of rotatable bonds is 9. The molecule has 0 radical (unpaired) electrons. The zero-order valence-corrected chi connectivity index (χ0v) is 22.8. The fraction of sp³-hybridized carbons (Fsp3) is 0.379. The minimum atomic E-state index is -3.92. The quantitative estimate of drug-likeness (QED) is 0.378. The molecule has 0 spiro atoms. The van der Waals surface area contributed by atoms with Gasteiger partial charge in [0.1, 0.15) is 11.9 Å². The van der Waals surface area contributed by atoms with E-state index < -0.39 is 22.0 Å². The second kappa shape index (κ2) is 11.6. The molecule has 1 aromatic heterocycles. The molecule has 2 atom stereocenters. The second-order valence-corrected chi connectivity index (χ2v) is 12.5. The number of amides is 1. The Morgan fingerprint density at radius 3 is 2.55 bits per heavy atom. The van der Waals surface area contributed by atoms with Crippen molar-refractivity contribution >= 4 is 15.9 Å². The number of sulfonamides is 1. The van der Waals surface area contributed by atoms with E-state index in [1.165, 1.54) is 12.1 Å². The Morgan fingerprint density at radius 2 is 1.87 bits per heavy atom. The first kappa shape index (κ1) is 27.8. The van der Waals surface area contributed by atoms with E-state index in [1.54, 1.807) is 30.6 Å². The van der Waals surface area contributed by atoms with Gasteiger partial charge in [-0.05, 0) is 65.3 Å². The van der Waals surface area contributed by atoms with Crippen LogP contribution in [0.2, 0.25) is 0 Å². The number of nitrogens with one attached hydrogen (secondary N) is 2. The smallest absolute Gasteiger partial charge is 0.264 e. The summed E-state index contributed by atoms with van der Waals surface area (Å²) in [5.41, 5.74) is 3.41. The third kappa shape index (κ3) is 7.40. The number of fused-ring (bicyclic) bond motifs is 1. The van der Waals surface area contributed by atoms with Crippen LogP contribution in [0.3, 0.4) is 0 Å². The molecule has 0 unspecified atom stereocenters. The molecule has 4 rings (SSSR count). The number of aryl methyl sites for hydroxylation is 1. The number of aromatic nitrogens is 1. The predicted molar refractivity (Wildman–Crippen MR) is 146 cm³/mol. The van der Waals surface area contributed by atoms with Crippen LogP contribution in [-0.4, -0.2) is 43.6 Å². The summed E-state index contributed by atoms with van der Waals surface area (Å²) in [5.74, 6) is 0.315. The van der Waals surface area contributed by atoms with Crippen molar-refractivity contribution in [3.63, 3.8) is 0 Å². The van der Waals surface area contributed by atoms with E-state index in [9.17, 15) is 18.3 Å². The lowest BCUT2D eigenvalue weighted by molar-refractivity contribution is -0.121. The summed E-state index contributed by atoms with van der Waals surface area (Å²) in [7, 11) is -3.92. The van der Waals surface area contributed by atoms with Crippen molar-refractivity contribution in [3.05, 3.63) is 78.1 Å². The Hall–Kier alpha value is -3.27. The maximum Gasteiger partial charge on any atom is 0.264 e. The largest absolute Gasteiger partial charge is 0.489 e. The molecule has 3 aromatic rings. The summed E-state index contributed by atoms with van der Waals surface area (Å²) in [6.07, 6.45) is 4.54. The monoisotopic (exact) mass is 537 g/mol. The molecule has 2 heterocycles. The highest BCUT2D eigenvalue weighted by Gasteiger charge is 2.23. The number of carbonyl (C=O) groups is 1. The predicted octanol–water partition coefficient (Wildman–Crippen LogP) is 4.01. The van der Waals surface area contributed by atoms with E-state index >= 15 is 0 Å². The van der Waals surface area contributed by atoms with Gasteiger partial charge in [0, 0.05) is 37.5 Å². The number of benzene rings is 2. The van der Waals surface area contributed by atoms with Gasteiger partial charge in [-0.25, -0.2) is 13.1 Å². The summed E-state index contributed by atoms with van der Waals surface area (Å²) in [6.45, 7) is 6.69. The number of nitrogens with zero attached hydrogens (tertiary/aromatic N) is 1. The zero-order valence-electron chi connectivity index (χ0n) is 22.0. The van der Waals surface area contributed by atoms with E-state index in [0.717, 1.165) is 40.8 Å². The lowest BCUT2D eigenvalue weighted by atomic mass is 9.92. The average molecular weight is 538 g/mol. The number of aliphatic hydroxyl groups is 1. The molecule has 0 saturated carbocycles. The molecule has 0 saturated heterocycles. The van der Waals surface area contributed by atoms with Crippen molar-refractivity contribution in [1.29, 1.82) is 0 Å². The van der Waals surface area contributed by atoms with Crippen LogP contribution in [0.5, 0.6) is 5.75 Å². The zero-order chi connectivity index (χ0) is 27.3. The number of carbonyl (C=O) groups excluding carboxylic acids is 1. The molecular weight excluding hydrogens is 502 g/mol. The summed E-state index contributed by atoms with van der Waals surface area (Å²) in [4.78, 5) is 16.2. The Kier molecular flexibility index (Phi) is 8.50. The third-order valence-corrected chi connectivity index (χ3v) is 7.69. The molecule has 0 fully saturated rings. The summed E-state index contributed by atoms with van der Waals surface area (Å²) in [6, 6.07) is 16.1. The van der Waals surface area contributed by atoms with Gasteiger partial charge in [-0.2, -0.15) is 0 Å². The standard InChI is InChI=1S/C29H35N3O5S/c1-29(2,3)16-28(34)32-38(35,36)25-11-7-20(8-12-25)21-9-13-27-22(15-21)6-10-24(37-27)18-31-19-26(33)23-5-4-14-30-17-23/h4-5,7-9,11-15,17,24,26,31,33H,6,10,16,18-19H2,1-3H3,(H,32,34)/t24-,26-/m1/s1.